The summed E-state index contributed by atoms with van der Waals surface area (Å²) in [4.78, 5) is 28.4. The van der Waals surface area contributed by atoms with Crippen LogP contribution in [0.1, 0.15) is 19.6 Å². The first-order valence-electron chi connectivity index (χ1n) is 7.99. The maximum atomic E-state index is 12.1. The fourth-order valence-corrected chi connectivity index (χ4v) is 2.74. The zero-order valence-electron chi connectivity index (χ0n) is 13.7. The van der Waals surface area contributed by atoms with Crippen LogP contribution >= 0.6 is 0 Å². The van der Waals surface area contributed by atoms with Gasteiger partial charge in [-0.2, -0.15) is 0 Å². The average Bonchev–Trinajstić information content (AvgIpc) is 2.99. The summed E-state index contributed by atoms with van der Waals surface area (Å²) >= 11 is 0. The summed E-state index contributed by atoms with van der Waals surface area (Å²) in [6, 6.07) is 3.03. The van der Waals surface area contributed by atoms with Gasteiger partial charge in [0.05, 0.1) is 19.2 Å². The minimum atomic E-state index is -0.528. The highest BCUT2D eigenvalue weighted by Gasteiger charge is 2.22. The van der Waals surface area contributed by atoms with E-state index >= 15 is 0 Å². The standard InChI is InChI=1S/C15H24N4O4/c1-3-18(4-2)14(20)12-17-9-7-16(8-10-17)11-13-5-6-15(23-13)19(21)22/h5-6H,3-4,7-12H2,1-2H3. The number of amides is 1. The van der Waals surface area contributed by atoms with Gasteiger partial charge < -0.3 is 9.32 Å². The molecule has 0 aromatic carbocycles. The van der Waals surface area contributed by atoms with Crippen molar-refractivity contribution in [2.75, 3.05) is 45.8 Å². The summed E-state index contributed by atoms with van der Waals surface area (Å²) in [6.07, 6.45) is 0. The lowest BCUT2D eigenvalue weighted by atomic mass is 10.3. The first kappa shape index (κ1) is 17.4. The Morgan fingerprint density at radius 2 is 1.83 bits per heavy atom. The summed E-state index contributed by atoms with van der Waals surface area (Å²) in [5.74, 6) is 0.554. The molecule has 0 radical (unpaired) electrons. The average molecular weight is 324 g/mol. The van der Waals surface area contributed by atoms with E-state index in [1.165, 1.54) is 6.07 Å². The fraction of sp³-hybridized carbons (Fsp3) is 0.667. The Balaban J connectivity index is 1.77. The Bertz CT molecular complexity index is 533. The number of carbonyl (C=O) groups is 1. The molecule has 8 nitrogen and oxygen atoms in total. The van der Waals surface area contributed by atoms with Crippen molar-refractivity contribution in [1.29, 1.82) is 0 Å². The maximum absolute atomic E-state index is 12.1. The van der Waals surface area contributed by atoms with Gasteiger partial charge in [-0.25, -0.2) is 0 Å². The van der Waals surface area contributed by atoms with Crippen LogP contribution in [0.25, 0.3) is 0 Å². The van der Waals surface area contributed by atoms with E-state index in [1.54, 1.807) is 6.07 Å². The van der Waals surface area contributed by atoms with E-state index in [4.69, 9.17) is 4.42 Å². The van der Waals surface area contributed by atoms with Gasteiger partial charge in [0.2, 0.25) is 5.91 Å². The second-order valence-corrected chi connectivity index (χ2v) is 5.62. The Kier molecular flexibility index (Phi) is 6.12. The van der Waals surface area contributed by atoms with E-state index in [0.717, 1.165) is 39.3 Å². The molecule has 2 rings (SSSR count). The molecule has 1 fully saturated rings. The first-order chi connectivity index (χ1) is 11.0. The molecule has 0 bridgehead atoms. The molecular weight excluding hydrogens is 300 g/mol. The smallest absolute Gasteiger partial charge is 0.404 e. The summed E-state index contributed by atoms with van der Waals surface area (Å²) < 4.78 is 5.18. The van der Waals surface area contributed by atoms with Crippen LogP contribution in [0.3, 0.4) is 0 Å². The molecule has 0 aliphatic carbocycles. The van der Waals surface area contributed by atoms with E-state index in [2.05, 4.69) is 9.80 Å². The molecule has 1 aromatic rings. The minimum absolute atomic E-state index is 0.171. The highest BCUT2D eigenvalue weighted by atomic mass is 16.6. The molecule has 1 aromatic heterocycles. The van der Waals surface area contributed by atoms with Crippen LogP contribution in [-0.2, 0) is 11.3 Å². The highest BCUT2D eigenvalue weighted by Crippen LogP contribution is 2.17. The van der Waals surface area contributed by atoms with E-state index in [0.29, 0.717) is 18.8 Å². The highest BCUT2D eigenvalue weighted by molar-refractivity contribution is 5.78. The predicted octanol–water partition coefficient (Wildman–Crippen LogP) is 1.17. The Morgan fingerprint density at radius 3 is 2.35 bits per heavy atom. The van der Waals surface area contributed by atoms with Gasteiger partial charge in [0.25, 0.3) is 0 Å². The molecule has 0 atom stereocenters. The van der Waals surface area contributed by atoms with Crippen molar-refractivity contribution in [3.05, 3.63) is 28.0 Å². The summed E-state index contributed by atoms with van der Waals surface area (Å²) in [6.45, 7) is 9.75. The lowest BCUT2D eigenvalue weighted by Gasteiger charge is -2.34. The van der Waals surface area contributed by atoms with E-state index in [-0.39, 0.29) is 11.8 Å². The number of furan rings is 1. The van der Waals surface area contributed by atoms with Crippen molar-refractivity contribution >= 4 is 11.8 Å². The largest absolute Gasteiger partial charge is 0.433 e. The molecular formula is C15H24N4O4. The summed E-state index contributed by atoms with van der Waals surface area (Å²) in [5, 5.41) is 10.6. The van der Waals surface area contributed by atoms with Crippen molar-refractivity contribution in [3.8, 4) is 0 Å². The lowest BCUT2D eigenvalue weighted by Crippen LogP contribution is -2.49. The molecule has 0 N–H and O–H groups in total. The maximum Gasteiger partial charge on any atom is 0.433 e. The van der Waals surface area contributed by atoms with Gasteiger partial charge in [0.1, 0.15) is 10.7 Å². The molecule has 2 heterocycles. The van der Waals surface area contributed by atoms with E-state index in [9.17, 15) is 14.9 Å². The van der Waals surface area contributed by atoms with Crippen LogP contribution in [0.15, 0.2) is 16.5 Å². The Morgan fingerprint density at radius 1 is 1.22 bits per heavy atom. The number of likely N-dealkylation sites (N-methyl/N-ethyl adjacent to an activating group) is 1. The van der Waals surface area contributed by atoms with Crippen molar-refractivity contribution in [2.45, 2.75) is 20.4 Å². The Hall–Kier alpha value is -1.93. The van der Waals surface area contributed by atoms with Gasteiger partial charge in [0, 0.05) is 39.3 Å². The second-order valence-electron chi connectivity index (χ2n) is 5.62. The summed E-state index contributed by atoms with van der Waals surface area (Å²) in [7, 11) is 0. The number of nitro groups is 1. The van der Waals surface area contributed by atoms with Gasteiger partial charge >= 0.3 is 5.88 Å². The molecule has 1 aliphatic rings. The SMILES string of the molecule is CCN(CC)C(=O)CN1CCN(Cc2ccc([N+](=O)[O-])o2)CC1. The van der Waals surface area contributed by atoms with Crippen molar-refractivity contribution in [3.63, 3.8) is 0 Å². The number of nitrogens with zero attached hydrogens (tertiary/aromatic N) is 4. The van der Waals surface area contributed by atoms with Crippen LogP contribution in [0.4, 0.5) is 5.88 Å². The zero-order valence-corrected chi connectivity index (χ0v) is 13.7. The first-order valence-corrected chi connectivity index (χ1v) is 7.99. The Labute approximate surface area is 135 Å². The third kappa shape index (κ3) is 4.77. The van der Waals surface area contributed by atoms with Gasteiger partial charge in [-0.15, -0.1) is 0 Å². The van der Waals surface area contributed by atoms with Crippen LogP contribution in [0.2, 0.25) is 0 Å². The topological polar surface area (TPSA) is 83.1 Å². The third-order valence-corrected chi connectivity index (χ3v) is 4.15. The minimum Gasteiger partial charge on any atom is -0.404 e. The molecule has 1 amide bonds. The van der Waals surface area contributed by atoms with Crippen molar-refractivity contribution in [2.24, 2.45) is 0 Å². The van der Waals surface area contributed by atoms with Crippen LogP contribution in [-0.4, -0.2) is 71.3 Å². The third-order valence-electron chi connectivity index (χ3n) is 4.15. The second kappa shape index (κ2) is 8.07. The van der Waals surface area contributed by atoms with E-state index in [1.807, 2.05) is 18.7 Å². The molecule has 0 unspecified atom stereocenters. The van der Waals surface area contributed by atoms with Crippen LogP contribution < -0.4 is 0 Å². The lowest BCUT2D eigenvalue weighted by molar-refractivity contribution is -0.402. The number of rotatable bonds is 7. The molecule has 128 valence electrons. The van der Waals surface area contributed by atoms with E-state index < -0.39 is 4.92 Å². The molecule has 8 heteroatoms. The molecule has 0 saturated carbocycles. The number of hydrogen-bond acceptors (Lipinski definition) is 6. The van der Waals surface area contributed by atoms with Gasteiger partial charge in [-0.05, 0) is 19.9 Å². The molecule has 0 spiro atoms. The number of piperazine rings is 1. The van der Waals surface area contributed by atoms with Crippen molar-refractivity contribution in [1.82, 2.24) is 14.7 Å². The fourth-order valence-electron chi connectivity index (χ4n) is 2.74. The van der Waals surface area contributed by atoms with Crippen LogP contribution in [0.5, 0.6) is 0 Å². The predicted molar refractivity (Wildman–Crippen MR) is 85.0 cm³/mol. The van der Waals surface area contributed by atoms with Gasteiger partial charge in [-0.3, -0.25) is 24.7 Å². The van der Waals surface area contributed by atoms with Gasteiger partial charge in [-0.1, -0.05) is 0 Å². The molecule has 23 heavy (non-hydrogen) atoms. The van der Waals surface area contributed by atoms with Crippen LogP contribution in [0, 0.1) is 10.1 Å². The quantitative estimate of drug-likeness (QED) is 0.553. The zero-order chi connectivity index (χ0) is 16.8. The molecule has 1 saturated heterocycles. The monoisotopic (exact) mass is 324 g/mol. The normalized spacial score (nSPS) is 16.4. The molecule has 1 aliphatic heterocycles. The number of hydrogen-bond donors (Lipinski definition) is 0. The van der Waals surface area contributed by atoms with Gasteiger partial charge in [0.15, 0.2) is 0 Å². The summed E-state index contributed by atoms with van der Waals surface area (Å²) in [5.41, 5.74) is 0. The number of carbonyl (C=O) groups excluding carboxylic acids is 1. The van der Waals surface area contributed by atoms with Crippen molar-refractivity contribution < 1.29 is 14.1 Å².